The van der Waals surface area contributed by atoms with Crippen LogP contribution >= 0.6 is 11.6 Å². The van der Waals surface area contributed by atoms with Crippen molar-refractivity contribution >= 4 is 23.2 Å². The third kappa shape index (κ3) is 2.63. The van der Waals surface area contributed by atoms with Gasteiger partial charge in [0.15, 0.2) is 5.78 Å². The van der Waals surface area contributed by atoms with E-state index < -0.39 is 0 Å². The number of benzene rings is 1. The lowest BCUT2D eigenvalue weighted by Crippen LogP contribution is -2.17. The van der Waals surface area contributed by atoms with Crippen LogP contribution in [0.1, 0.15) is 59.8 Å². The van der Waals surface area contributed by atoms with Gasteiger partial charge in [0.1, 0.15) is 5.82 Å². The Morgan fingerprint density at radius 1 is 1.27 bits per heavy atom. The van der Waals surface area contributed by atoms with Gasteiger partial charge < -0.3 is 5.73 Å². The molecule has 1 aromatic heterocycles. The minimum Gasteiger partial charge on any atom is -0.383 e. The quantitative estimate of drug-likeness (QED) is 0.864. The minimum absolute atomic E-state index is 0.150. The fourth-order valence-corrected chi connectivity index (χ4v) is 3.45. The molecule has 0 saturated heterocycles. The van der Waals surface area contributed by atoms with Crippen LogP contribution in [0.5, 0.6) is 0 Å². The van der Waals surface area contributed by atoms with Gasteiger partial charge in [0, 0.05) is 5.56 Å². The van der Waals surface area contributed by atoms with E-state index in [2.05, 4.69) is 5.10 Å². The molecule has 0 spiro atoms. The standard InChI is InChI=1S/C17H20ClN3O/c1-11-15(16(22)13-9-5-6-10-14(13)18)17(19)21(20-11)12-7-3-2-4-8-12/h5-6,9-10,12H,2-4,7-8,19H2,1H3. The zero-order valence-corrected chi connectivity index (χ0v) is 13.4. The third-order valence-electron chi connectivity index (χ3n) is 4.39. The molecule has 1 fully saturated rings. The van der Waals surface area contributed by atoms with E-state index in [4.69, 9.17) is 17.3 Å². The Morgan fingerprint density at radius 3 is 2.64 bits per heavy atom. The lowest BCUT2D eigenvalue weighted by Gasteiger charge is -2.23. The maximum atomic E-state index is 12.8. The van der Waals surface area contributed by atoms with Crippen molar-refractivity contribution in [3.05, 3.63) is 46.1 Å². The van der Waals surface area contributed by atoms with Crippen molar-refractivity contribution in [3.63, 3.8) is 0 Å². The van der Waals surface area contributed by atoms with Crippen molar-refractivity contribution in [2.75, 3.05) is 5.73 Å². The first-order chi connectivity index (χ1) is 10.6. The first-order valence-corrected chi connectivity index (χ1v) is 8.11. The Kier molecular flexibility index (Phi) is 4.21. The van der Waals surface area contributed by atoms with Crippen LogP contribution < -0.4 is 5.73 Å². The number of hydrogen-bond acceptors (Lipinski definition) is 3. The van der Waals surface area contributed by atoms with E-state index >= 15 is 0 Å². The lowest BCUT2D eigenvalue weighted by atomic mass is 9.95. The molecule has 1 saturated carbocycles. The number of nitrogen functional groups attached to an aromatic ring is 1. The molecule has 1 aromatic carbocycles. The van der Waals surface area contributed by atoms with Gasteiger partial charge >= 0.3 is 0 Å². The van der Waals surface area contributed by atoms with Crippen LogP contribution in [0.4, 0.5) is 5.82 Å². The summed E-state index contributed by atoms with van der Waals surface area (Å²) >= 11 is 6.14. The number of nitrogens with zero attached hydrogens (tertiary/aromatic N) is 2. The van der Waals surface area contributed by atoms with Crippen LogP contribution in [0.25, 0.3) is 0 Å². The Balaban J connectivity index is 1.99. The molecule has 1 heterocycles. The van der Waals surface area contributed by atoms with Crippen molar-refractivity contribution in [3.8, 4) is 0 Å². The second-order valence-electron chi connectivity index (χ2n) is 5.89. The summed E-state index contributed by atoms with van der Waals surface area (Å²) in [6.45, 7) is 1.83. The molecule has 0 atom stereocenters. The topological polar surface area (TPSA) is 60.9 Å². The first kappa shape index (κ1) is 15.1. The number of aryl methyl sites for hydroxylation is 1. The van der Waals surface area contributed by atoms with Gasteiger partial charge in [-0.05, 0) is 31.9 Å². The molecule has 1 aliphatic carbocycles. The molecule has 0 unspecified atom stereocenters. The first-order valence-electron chi connectivity index (χ1n) is 7.73. The smallest absolute Gasteiger partial charge is 0.200 e. The summed E-state index contributed by atoms with van der Waals surface area (Å²) in [5, 5.41) is 4.98. The van der Waals surface area contributed by atoms with E-state index in [1.165, 1.54) is 19.3 Å². The normalized spacial score (nSPS) is 15.9. The van der Waals surface area contributed by atoms with E-state index in [-0.39, 0.29) is 5.78 Å². The monoisotopic (exact) mass is 317 g/mol. The highest BCUT2D eigenvalue weighted by molar-refractivity contribution is 6.35. The summed E-state index contributed by atoms with van der Waals surface area (Å²) < 4.78 is 1.85. The number of nitrogens with two attached hydrogens (primary N) is 1. The summed E-state index contributed by atoms with van der Waals surface area (Å²) in [6, 6.07) is 7.35. The van der Waals surface area contributed by atoms with Gasteiger partial charge in [-0.1, -0.05) is 43.0 Å². The van der Waals surface area contributed by atoms with Gasteiger partial charge in [0.05, 0.1) is 22.3 Å². The molecular formula is C17H20ClN3O. The summed E-state index contributed by atoms with van der Waals surface area (Å²) in [5.74, 6) is 0.317. The number of ketones is 1. The molecule has 1 aliphatic rings. The molecule has 2 N–H and O–H groups in total. The van der Waals surface area contributed by atoms with Gasteiger partial charge in [0.25, 0.3) is 0 Å². The van der Waals surface area contributed by atoms with Crippen LogP contribution in [-0.2, 0) is 0 Å². The van der Waals surface area contributed by atoms with Crippen LogP contribution in [-0.4, -0.2) is 15.6 Å². The fourth-order valence-electron chi connectivity index (χ4n) is 3.23. The molecule has 0 bridgehead atoms. The van der Waals surface area contributed by atoms with Crippen molar-refractivity contribution in [1.29, 1.82) is 0 Å². The van der Waals surface area contributed by atoms with Crippen molar-refractivity contribution in [2.24, 2.45) is 0 Å². The molecular weight excluding hydrogens is 298 g/mol. The highest BCUT2D eigenvalue weighted by Crippen LogP contribution is 2.32. The molecule has 116 valence electrons. The molecule has 3 rings (SSSR count). The average molecular weight is 318 g/mol. The van der Waals surface area contributed by atoms with Gasteiger partial charge in [-0.15, -0.1) is 0 Å². The molecule has 0 aliphatic heterocycles. The lowest BCUT2D eigenvalue weighted by molar-refractivity contribution is 0.103. The van der Waals surface area contributed by atoms with Crippen LogP contribution in [0.2, 0.25) is 5.02 Å². The van der Waals surface area contributed by atoms with E-state index in [1.54, 1.807) is 24.3 Å². The minimum atomic E-state index is -0.150. The van der Waals surface area contributed by atoms with Gasteiger partial charge in [-0.2, -0.15) is 5.10 Å². The molecule has 22 heavy (non-hydrogen) atoms. The molecule has 4 nitrogen and oxygen atoms in total. The fraction of sp³-hybridized carbons (Fsp3) is 0.412. The maximum Gasteiger partial charge on any atom is 0.200 e. The number of aromatic nitrogens is 2. The Morgan fingerprint density at radius 2 is 1.95 bits per heavy atom. The van der Waals surface area contributed by atoms with Crippen LogP contribution in [0, 0.1) is 6.92 Å². The summed E-state index contributed by atoms with van der Waals surface area (Å²) in [5.41, 5.74) is 7.89. The highest BCUT2D eigenvalue weighted by Gasteiger charge is 2.26. The predicted octanol–water partition coefficient (Wildman–Crippen LogP) is 4.16. The maximum absolute atomic E-state index is 12.8. The SMILES string of the molecule is Cc1nn(C2CCCCC2)c(N)c1C(=O)c1ccccc1Cl. The summed E-state index contributed by atoms with van der Waals surface area (Å²) in [7, 11) is 0. The van der Waals surface area contributed by atoms with Crippen molar-refractivity contribution in [2.45, 2.75) is 45.1 Å². The number of carbonyl (C=O) groups excluding carboxylic acids is 1. The van der Waals surface area contributed by atoms with E-state index in [1.807, 2.05) is 11.6 Å². The Hall–Kier alpha value is -1.81. The Bertz CT molecular complexity index is 702. The zero-order chi connectivity index (χ0) is 15.7. The molecule has 5 heteroatoms. The average Bonchev–Trinajstić information content (AvgIpc) is 2.83. The van der Waals surface area contributed by atoms with Gasteiger partial charge in [-0.3, -0.25) is 4.79 Å². The molecule has 0 amide bonds. The highest BCUT2D eigenvalue weighted by atomic mass is 35.5. The van der Waals surface area contributed by atoms with E-state index in [0.717, 1.165) is 12.8 Å². The second kappa shape index (κ2) is 6.13. The van der Waals surface area contributed by atoms with Crippen molar-refractivity contribution in [1.82, 2.24) is 9.78 Å². The van der Waals surface area contributed by atoms with E-state index in [9.17, 15) is 4.79 Å². The van der Waals surface area contributed by atoms with Gasteiger partial charge in [-0.25, -0.2) is 4.68 Å². The number of anilines is 1. The third-order valence-corrected chi connectivity index (χ3v) is 4.72. The Labute approximate surface area is 135 Å². The number of carbonyl (C=O) groups is 1. The largest absolute Gasteiger partial charge is 0.383 e. The van der Waals surface area contributed by atoms with Gasteiger partial charge in [0.2, 0.25) is 0 Å². The zero-order valence-electron chi connectivity index (χ0n) is 12.7. The molecule has 2 aromatic rings. The molecule has 0 radical (unpaired) electrons. The van der Waals surface area contributed by atoms with Crippen LogP contribution in [0.3, 0.4) is 0 Å². The number of rotatable bonds is 3. The number of halogens is 1. The second-order valence-corrected chi connectivity index (χ2v) is 6.30. The summed E-state index contributed by atoms with van der Waals surface area (Å²) in [4.78, 5) is 12.8. The van der Waals surface area contributed by atoms with Crippen molar-refractivity contribution < 1.29 is 4.79 Å². The predicted molar refractivity (Wildman–Crippen MR) is 88.4 cm³/mol. The van der Waals surface area contributed by atoms with E-state index in [0.29, 0.717) is 33.7 Å². The summed E-state index contributed by atoms with van der Waals surface area (Å²) in [6.07, 6.45) is 5.80. The number of hydrogen-bond donors (Lipinski definition) is 1. The van der Waals surface area contributed by atoms with Crippen LogP contribution in [0.15, 0.2) is 24.3 Å².